The second-order valence-electron chi connectivity index (χ2n) is 4.12. The highest BCUT2D eigenvalue weighted by atomic mass is 127. The van der Waals surface area contributed by atoms with Gasteiger partial charge in [-0.05, 0) is 41.1 Å². The molecule has 1 rings (SSSR count). The molecule has 0 fully saturated rings. The van der Waals surface area contributed by atoms with Crippen LogP contribution in [0, 0.1) is 3.57 Å². The predicted molar refractivity (Wildman–Crippen MR) is 84.5 cm³/mol. The number of nitrogens with one attached hydrogen (secondary N) is 1. The van der Waals surface area contributed by atoms with Crippen LogP contribution in [0.5, 0.6) is 5.75 Å². The topological polar surface area (TPSA) is 75.6 Å². The van der Waals surface area contributed by atoms with Crippen LogP contribution in [0.4, 0.5) is 0 Å². The fourth-order valence-electron chi connectivity index (χ4n) is 1.66. The molecule has 110 valence electrons. The van der Waals surface area contributed by atoms with Gasteiger partial charge < -0.3 is 15.2 Å². The van der Waals surface area contributed by atoms with Gasteiger partial charge in [-0.2, -0.15) is 0 Å². The number of hydrogen-bond donors (Lipinski definition) is 2. The number of carboxylic acid groups (broad SMARTS) is 1. The summed E-state index contributed by atoms with van der Waals surface area (Å²) < 4.78 is 5.88. The Morgan fingerprint density at radius 2 is 2.15 bits per heavy atom. The quantitative estimate of drug-likeness (QED) is 0.706. The average molecular weight is 412 g/mol. The molecule has 0 bridgehead atoms. The number of carbonyl (C=O) groups excluding carboxylic acids is 1. The van der Waals surface area contributed by atoms with Gasteiger partial charge >= 0.3 is 5.97 Å². The molecule has 1 amide bonds. The molecule has 0 radical (unpaired) electrons. The summed E-state index contributed by atoms with van der Waals surface area (Å²) in [7, 11) is 1.44. The van der Waals surface area contributed by atoms with Gasteiger partial charge in [0, 0.05) is 3.57 Å². The van der Waals surface area contributed by atoms with Gasteiger partial charge in [0.15, 0.2) is 0 Å². The molecule has 5 nitrogen and oxygen atoms in total. The molecule has 2 N–H and O–H groups in total. The summed E-state index contributed by atoms with van der Waals surface area (Å²) in [5, 5.41) is 11.9. The second kappa shape index (κ2) is 7.68. The number of amides is 1. The lowest BCUT2D eigenvalue weighted by Gasteiger charge is -2.15. The second-order valence-corrected chi connectivity index (χ2v) is 5.69. The number of carboxylic acids is 1. The zero-order chi connectivity index (χ0) is 15.3. The molecule has 1 aromatic carbocycles. The van der Waals surface area contributed by atoms with Crippen molar-refractivity contribution in [3.8, 4) is 5.75 Å². The smallest absolute Gasteiger partial charge is 0.326 e. The normalized spacial score (nSPS) is 11.8. The Balaban J connectivity index is 3.02. The Labute approximate surface area is 135 Å². The number of hydrogen-bond acceptors (Lipinski definition) is 3. The van der Waals surface area contributed by atoms with Gasteiger partial charge in [0.05, 0.1) is 17.7 Å². The highest BCUT2D eigenvalue weighted by Gasteiger charge is 2.22. The summed E-state index contributed by atoms with van der Waals surface area (Å²) >= 11 is 8.01. The van der Waals surface area contributed by atoms with Gasteiger partial charge in [0.2, 0.25) is 0 Å². The molecule has 0 heterocycles. The van der Waals surface area contributed by atoms with E-state index in [9.17, 15) is 9.59 Å². The number of ether oxygens (including phenoxy) is 1. The number of halogens is 2. The van der Waals surface area contributed by atoms with Crippen LogP contribution in [0.2, 0.25) is 5.02 Å². The largest absolute Gasteiger partial charge is 0.496 e. The Morgan fingerprint density at radius 1 is 1.50 bits per heavy atom. The molecular formula is C13H15ClINO4. The fourth-order valence-corrected chi connectivity index (χ4v) is 2.26. The Kier molecular flexibility index (Phi) is 6.54. The number of carbonyl (C=O) groups is 2. The van der Waals surface area contributed by atoms with Gasteiger partial charge in [-0.15, -0.1) is 0 Å². The fraction of sp³-hybridized carbons (Fsp3) is 0.385. The summed E-state index contributed by atoms with van der Waals surface area (Å²) in [6.45, 7) is 1.85. The maximum atomic E-state index is 12.2. The van der Waals surface area contributed by atoms with Crippen LogP contribution >= 0.6 is 34.2 Å². The van der Waals surface area contributed by atoms with Crippen molar-refractivity contribution >= 4 is 46.1 Å². The minimum atomic E-state index is -1.06. The summed E-state index contributed by atoms with van der Waals surface area (Å²) in [4.78, 5) is 23.2. The van der Waals surface area contributed by atoms with Gasteiger partial charge in [0.25, 0.3) is 5.91 Å². The summed E-state index contributed by atoms with van der Waals surface area (Å²) in [5.41, 5.74) is 0.222. The number of benzene rings is 1. The van der Waals surface area contributed by atoms with Crippen LogP contribution in [0.1, 0.15) is 30.1 Å². The van der Waals surface area contributed by atoms with Crippen LogP contribution < -0.4 is 10.1 Å². The summed E-state index contributed by atoms with van der Waals surface area (Å²) in [6, 6.07) is 2.19. The molecule has 0 aliphatic rings. The maximum absolute atomic E-state index is 12.2. The number of aliphatic carboxylic acids is 1. The number of methoxy groups -OCH3 is 1. The van der Waals surface area contributed by atoms with Crippen LogP contribution in [0.25, 0.3) is 0 Å². The minimum absolute atomic E-state index is 0.222. The van der Waals surface area contributed by atoms with Crippen LogP contribution in [-0.4, -0.2) is 30.1 Å². The monoisotopic (exact) mass is 411 g/mol. The van der Waals surface area contributed by atoms with Gasteiger partial charge in [0.1, 0.15) is 11.8 Å². The van der Waals surface area contributed by atoms with E-state index >= 15 is 0 Å². The molecule has 0 aliphatic carbocycles. The van der Waals surface area contributed by atoms with Gasteiger partial charge in [-0.1, -0.05) is 24.9 Å². The first kappa shape index (κ1) is 17.0. The predicted octanol–water partition coefficient (Wildman–Crippen LogP) is 2.94. The van der Waals surface area contributed by atoms with Crippen molar-refractivity contribution in [2.24, 2.45) is 0 Å². The van der Waals surface area contributed by atoms with E-state index in [1.807, 2.05) is 29.5 Å². The Morgan fingerprint density at radius 3 is 2.65 bits per heavy atom. The summed E-state index contributed by atoms with van der Waals surface area (Å²) in [5.74, 6) is -1.21. The maximum Gasteiger partial charge on any atom is 0.326 e. The van der Waals surface area contributed by atoms with Crippen molar-refractivity contribution in [3.05, 3.63) is 26.3 Å². The molecule has 1 aromatic rings. The Hall–Kier alpha value is -1.02. The van der Waals surface area contributed by atoms with Crippen LogP contribution in [-0.2, 0) is 4.79 Å². The van der Waals surface area contributed by atoms with E-state index in [-0.39, 0.29) is 5.56 Å². The van der Waals surface area contributed by atoms with E-state index in [1.54, 1.807) is 6.07 Å². The van der Waals surface area contributed by atoms with Crippen molar-refractivity contribution in [2.45, 2.75) is 25.8 Å². The van der Waals surface area contributed by atoms with Crippen molar-refractivity contribution in [1.29, 1.82) is 0 Å². The third-order valence-electron chi connectivity index (χ3n) is 2.67. The van der Waals surface area contributed by atoms with Gasteiger partial charge in [-0.25, -0.2) is 4.79 Å². The van der Waals surface area contributed by atoms with Gasteiger partial charge in [-0.3, -0.25) is 4.79 Å². The molecule has 7 heteroatoms. The average Bonchev–Trinajstić information content (AvgIpc) is 2.40. The van der Waals surface area contributed by atoms with Crippen molar-refractivity contribution in [1.82, 2.24) is 5.32 Å². The zero-order valence-corrected chi connectivity index (χ0v) is 14.0. The lowest BCUT2D eigenvalue weighted by molar-refractivity contribution is -0.139. The highest BCUT2D eigenvalue weighted by Crippen LogP contribution is 2.28. The molecule has 1 atom stereocenters. The molecule has 0 spiro atoms. The lowest BCUT2D eigenvalue weighted by Crippen LogP contribution is -2.40. The molecule has 20 heavy (non-hydrogen) atoms. The third-order valence-corrected chi connectivity index (χ3v) is 4.19. The van der Waals surface area contributed by atoms with Crippen LogP contribution in [0.15, 0.2) is 12.1 Å². The third kappa shape index (κ3) is 4.24. The van der Waals surface area contributed by atoms with Crippen LogP contribution in [0.3, 0.4) is 0 Å². The molecule has 0 aromatic heterocycles. The van der Waals surface area contributed by atoms with E-state index in [2.05, 4.69) is 5.32 Å². The van der Waals surface area contributed by atoms with E-state index in [0.717, 1.165) is 3.57 Å². The molecule has 0 unspecified atom stereocenters. The molecule has 0 aliphatic heterocycles. The lowest BCUT2D eigenvalue weighted by atomic mass is 10.1. The van der Waals surface area contributed by atoms with Crippen molar-refractivity contribution in [3.63, 3.8) is 0 Å². The summed E-state index contributed by atoms with van der Waals surface area (Å²) in [6.07, 6.45) is 1.02. The highest BCUT2D eigenvalue weighted by molar-refractivity contribution is 14.1. The van der Waals surface area contributed by atoms with Crippen molar-refractivity contribution < 1.29 is 19.4 Å². The molecule has 0 saturated heterocycles. The minimum Gasteiger partial charge on any atom is -0.496 e. The number of rotatable bonds is 6. The van der Waals surface area contributed by atoms with E-state index < -0.39 is 17.9 Å². The molecule has 0 saturated carbocycles. The van der Waals surface area contributed by atoms with E-state index in [1.165, 1.54) is 13.2 Å². The SMILES string of the molecule is CCC[C@@H](NC(=O)c1cc(Cl)c(I)cc1OC)C(=O)O. The molecular weight excluding hydrogens is 397 g/mol. The first-order valence-corrected chi connectivity index (χ1v) is 7.43. The Bertz CT molecular complexity index is 521. The first-order valence-electron chi connectivity index (χ1n) is 5.97. The van der Waals surface area contributed by atoms with E-state index in [0.29, 0.717) is 23.6 Å². The van der Waals surface area contributed by atoms with Crippen molar-refractivity contribution in [2.75, 3.05) is 7.11 Å². The first-order chi connectivity index (χ1) is 9.40. The van der Waals surface area contributed by atoms with E-state index in [4.69, 9.17) is 21.4 Å². The standard InChI is InChI=1S/C13H15ClINO4/c1-3-4-10(13(18)19)16-12(17)7-5-8(14)9(15)6-11(7)20-2/h5-6,10H,3-4H2,1-2H3,(H,16,17)(H,18,19)/t10-/m1/s1. The zero-order valence-electron chi connectivity index (χ0n) is 11.1.